The van der Waals surface area contributed by atoms with Crippen molar-refractivity contribution in [2.75, 3.05) is 0 Å². The summed E-state index contributed by atoms with van der Waals surface area (Å²) in [5, 5.41) is 9.45. The van der Waals surface area contributed by atoms with Gasteiger partial charge in [0.15, 0.2) is 11.0 Å². The lowest BCUT2D eigenvalue weighted by molar-refractivity contribution is 0.622. The first-order valence-electron chi connectivity index (χ1n) is 8.55. The normalized spacial score (nSPS) is 14.2. The fraction of sp³-hybridized carbons (Fsp3) is 0.211. The molecule has 3 heterocycles. The number of nitrogens with zero attached hydrogens (tertiary/aromatic N) is 5. The largest absolute Gasteiger partial charge is 0.307 e. The molecule has 4 aromatic rings. The Morgan fingerprint density at radius 2 is 1.92 bits per heavy atom. The molecule has 130 valence electrons. The van der Waals surface area contributed by atoms with E-state index in [0.717, 1.165) is 29.3 Å². The van der Waals surface area contributed by atoms with Gasteiger partial charge in [-0.05, 0) is 37.1 Å². The molecular formula is C19H16FN5S. The van der Waals surface area contributed by atoms with Crippen molar-refractivity contribution in [3.63, 3.8) is 0 Å². The van der Waals surface area contributed by atoms with Crippen LogP contribution in [0.2, 0.25) is 0 Å². The van der Waals surface area contributed by atoms with Crippen molar-refractivity contribution in [1.29, 1.82) is 0 Å². The van der Waals surface area contributed by atoms with Crippen LogP contribution in [0.3, 0.4) is 0 Å². The fourth-order valence-corrected chi connectivity index (χ4v) is 3.95. The molecule has 0 atom stereocenters. The first kappa shape index (κ1) is 15.6. The second-order valence-electron chi connectivity index (χ2n) is 6.37. The molecule has 1 saturated carbocycles. The molecule has 0 saturated heterocycles. The van der Waals surface area contributed by atoms with Gasteiger partial charge in [-0.15, -0.1) is 10.2 Å². The van der Waals surface area contributed by atoms with Crippen molar-refractivity contribution in [1.82, 2.24) is 24.1 Å². The molecule has 5 nitrogen and oxygen atoms in total. The summed E-state index contributed by atoms with van der Waals surface area (Å²) in [6, 6.07) is 13.0. The molecule has 3 aromatic heterocycles. The Hall–Kier alpha value is -2.67. The maximum Gasteiger partial charge on any atom is 0.192 e. The van der Waals surface area contributed by atoms with Gasteiger partial charge < -0.3 is 4.40 Å². The topological polar surface area (TPSA) is 48.0 Å². The summed E-state index contributed by atoms with van der Waals surface area (Å²) >= 11 is 1.60. The van der Waals surface area contributed by atoms with E-state index in [4.69, 9.17) is 0 Å². The second-order valence-corrected chi connectivity index (χ2v) is 7.32. The number of aromatic nitrogens is 5. The maximum atomic E-state index is 14.2. The lowest BCUT2D eigenvalue weighted by atomic mass is 10.2. The van der Waals surface area contributed by atoms with Crippen molar-refractivity contribution in [2.45, 2.75) is 29.8 Å². The lowest BCUT2D eigenvalue weighted by Crippen LogP contribution is -2.01. The van der Waals surface area contributed by atoms with E-state index in [0.29, 0.717) is 23.2 Å². The van der Waals surface area contributed by atoms with Gasteiger partial charge in [-0.2, -0.15) is 0 Å². The Balaban J connectivity index is 1.45. The van der Waals surface area contributed by atoms with Crippen LogP contribution in [-0.4, -0.2) is 24.1 Å². The molecule has 0 unspecified atom stereocenters. The molecule has 0 radical (unpaired) electrons. The van der Waals surface area contributed by atoms with Gasteiger partial charge in [0.05, 0.1) is 11.3 Å². The first-order valence-corrected chi connectivity index (χ1v) is 9.53. The summed E-state index contributed by atoms with van der Waals surface area (Å²) in [5.41, 5.74) is 2.42. The van der Waals surface area contributed by atoms with Crippen molar-refractivity contribution in [3.8, 4) is 11.4 Å². The molecule has 1 aromatic carbocycles. The third-order valence-corrected chi connectivity index (χ3v) is 5.43. The third kappa shape index (κ3) is 2.78. The predicted molar refractivity (Wildman–Crippen MR) is 98.4 cm³/mol. The number of benzene rings is 1. The minimum atomic E-state index is -0.265. The minimum absolute atomic E-state index is 0.265. The van der Waals surface area contributed by atoms with E-state index >= 15 is 0 Å². The number of hydrogen-bond donors (Lipinski definition) is 0. The van der Waals surface area contributed by atoms with Gasteiger partial charge in [-0.3, -0.25) is 4.57 Å². The van der Waals surface area contributed by atoms with Crippen LogP contribution >= 0.6 is 11.8 Å². The summed E-state index contributed by atoms with van der Waals surface area (Å²) in [4.78, 5) is 4.62. The van der Waals surface area contributed by atoms with E-state index in [1.165, 1.54) is 6.07 Å². The van der Waals surface area contributed by atoms with Gasteiger partial charge in [0.2, 0.25) is 0 Å². The van der Waals surface area contributed by atoms with Crippen molar-refractivity contribution >= 4 is 17.4 Å². The number of hydrogen-bond acceptors (Lipinski definition) is 4. The van der Waals surface area contributed by atoms with Gasteiger partial charge >= 0.3 is 0 Å². The zero-order valence-corrected chi connectivity index (χ0v) is 14.7. The van der Waals surface area contributed by atoms with E-state index in [2.05, 4.69) is 19.7 Å². The molecule has 0 bridgehead atoms. The van der Waals surface area contributed by atoms with Crippen LogP contribution in [0.15, 0.2) is 60.0 Å². The van der Waals surface area contributed by atoms with Crippen LogP contribution in [-0.2, 0) is 5.75 Å². The first-order chi connectivity index (χ1) is 12.8. The highest BCUT2D eigenvalue weighted by Crippen LogP contribution is 2.41. The van der Waals surface area contributed by atoms with Crippen LogP contribution in [0.1, 0.15) is 24.6 Å². The summed E-state index contributed by atoms with van der Waals surface area (Å²) in [6.45, 7) is 0. The molecule has 5 rings (SSSR count). The summed E-state index contributed by atoms with van der Waals surface area (Å²) in [6.07, 6.45) is 6.18. The minimum Gasteiger partial charge on any atom is -0.307 e. The van der Waals surface area contributed by atoms with Crippen LogP contribution in [0.5, 0.6) is 0 Å². The second kappa shape index (κ2) is 6.25. The quantitative estimate of drug-likeness (QED) is 0.493. The highest BCUT2D eigenvalue weighted by atomic mass is 32.2. The smallest absolute Gasteiger partial charge is 0.192 e. The molecule has 26 heavy (non-hydrogen) atoms. The zero-order valence-electron chi connectivity index (χ0n) is 13.9. The number of pyridine rings is 1. The van der Waals surface area contributed by atoms with Crippen molar-refractivity contribution < 1.29 is 4.39 Å². The molecule has 1 fully saturated rings. The Kier molecular flexibility index (Phi) is 3.74. The molecule has 1 aliphatic carbocycles. The summed E-state index contributed by atoms with van der Waals surface area (Å²) in [7, 11) is 0. The Labute approximate surface area is 153 Å². The molecular weight excluding hydrogens is 349 g/mol. The fourth-order valence-electron chi connectivity index (χ4n) is 3.06. The van der Waals surface area contributed by atoms with Crippen LogP contribution < -0.4 is 0 Å². The van der Waals surface area contributed by atoms with Gasteiger partial charge in [-0.25, -0.2) is 9.37 Å². The molecule has 7 heteroatoms. The number of rotatable bonds is 5. The SMILES string of the molecule is Fc1ccccc1-c1nnc(SCc2cn3ccccc3n2)n1C1CC1. The Morgan fingerprint density at radius 1 is 1.08 bits per heavy atom. The van der Waals surface area contributed by atoms with Crippen molar-refractivity contribution in [2.24, 2.45) is 0 Å². The highest BCUT2D eigenvalue weighted by Gasteiger charge is 2.30. The van der Waals surface area contributed by atoms with E-state index < -0.39 is 0 Å². The Morgan fingerprint density at radius 3 is 2.73 bits per heavy atom. The lowest BCUT2D eigenvalue weighted by Gasteiger charge is -2.08. The van der Waals surface area contributed by atoms with E-state index in [-0.39, 0.29) is 5.82 Å². The van der Waals surface area contributed by atoms with Crippen LogP contribution in [0, 0.1) is 5.82 Å². The number of thioether (sulfide) groups is 1. The predicted octanol–water partition coefficient (Wildman–Crippen LogP) is 4.36. The van der Waals surface area contributed by atoms with Gasteiger partial charge in [0, 0.05) is 24.2 Å². The van der Waals surface area contributed by atoms with E-state index in [1.54, 1.807) is 23.9 Å². The van der Waals surface area contributed by atoms with Crippen LogP contribution in [0.25, 0.3) is 17.0 Å². The average molecular weight is 365 g/mol. The van der Waals surface area contributed by atoms with Crippen molar-refractivity contribution in [3.05, 3.63) is 66.4 Å². The summed E-state index contributed by atoms with van der Waals surface area (Å²) < 4.78 is 18.3. The molecule has 0 spiro atoms. The number of imidazole rings is 1. The highest BCUT2D eigenvalue weighted by molar-refractivity contribution is 7.98. The maximum absolute atomic E-state index is 14.2. The zero-order chi connectivity index (χ0) is 17.5. The van der Waals surface area contributed by atoms with Gasteiger partial charge in [0.1, 0.15) is 11.5 Å². The molecule has 0 amide bonds. The molecule has 1 aliphatic rings. The number of fused-ring (bicyclic) bond motifs is 1. The van der Waals surface area contributed by atoms with E-state index in [9.17, 15) is 4.39 Å². The van der Waals surface area contributed by atoms with E-state index in [1.807, 2.05) is 41.1 Å². The number of halogens is 1. The monoisotopic (exact) mass is 365 g/mol. The molecule has 0 aliphatic heterocycles. The Bertz CT molecular complexity index is 1050. The average Bonchev–Trinajstić information content (AvgIpc) is 3.27. The summed E-state index contributed by atoms with van der Waals surface area (Å²) in [5.74, 6) is 1.05. The third-order valence-electron chi connectivity index (χ3n) is 4.45. The standard InChI is InChI=1S/C19H16FN5S/c20-16-6-2-1-5-15(16)18-22-23-19(25(18)14-8-9-14)26-12-13-11-24-10-4-3-7-17(24)21-13/h1-7,10-11,14H,8-9,12H2. The van der Waals surface area contributed by atoms with Gasteiger partial charge in [-0.1, -0.05) is 30.0 Å². The molecule has 0 N–H and O–H groups in total. The van der Waals surface area contributed by atoms with Crippen LogP contribution in [0.4, 0.5) is 4.39 Å². The van der Waals surface area contributed by atoms with Gasteiger partial charge in [0.25, 0.3) is 0 Å².